The van der Waals surface area contributed by atoms with Crippen LogP contribution < -0.4 is 5.32 Å². The van der Waals surface area contributed by atoms with Crippen LogP contribution in [0.1, 0.15) is 50.4 Å². The van der Waals surface area contributed by atoms with Crippen LogP contribution >= 0.6 is 0 Å². The Labute approximate surface area is 121 Å². The van der Waals surface area contributed by atoms with E-state index < -0.39 is 0 Å². The fourth-order valence-corrected chi connectivity index (χ4v) is 3.07. The third-order valence-corrected chi connectivity index (χ3v) is 4.83. The molecule has 2 atom stereocenters. The van der Waals surface area contributed by atoms with Gasteiger partial charge in [0.1, 0.15) is 11.7 Å². The van der Waals surface area contributed by atoms with Crippen LogP contribution in [0.3, 0.4) is 0 Å². The van der Waals surface area contributed by atoms with Gasteiger partial charge in [-0.05, 0) is 36.8 Å². The lowest BCUT2D eigenvalue weighted by atomic mass is 10.0. The second-order valence-electron chi connectivity index (χ2n) is 6.46. The Hall–Kier alpha value is -1.35. The van der Waals surface area contributed by atoms with Crippen LogP contribution in [0.15, 0.2) is 24.3 Å². The van der Waals surface area contributed by atoms with E-state index in [9.17, 15) is 4.79 Å². The molecule has 108 valence electrons. The number of hydrogen-bond acceptors (Lipinski definition) is 2. The number of nitrogens with one attached hydrogen (secondary N) is 1. The zero-order chi connectivity index (χ0) is 14.3. The van der Waals surface area contributed by atoms with E-state index in [1.165, 1.54) is 11.1 Å². The van der Waals surface area contributed by atoms with Crippen molar-refractivity contribution >= 4 is 5.91 Å². The molecule has 1 aliphatic heterocycles. The molecule has 0 aromatic heterocycles. The van der Waals surface area contributed by atoms with Crippen LogP contribution in [-0.2, 0) is 4.79 Å². The Kier molecular flexibility index (Phi) is 3.33. The van der Waals surface area contributed by atoms with Gasteiger partial charge in [-0.2, -0.15) is 0 Å². The molecule has 1 aromatic carbocycles. The first-order chi connectivity index (χ1) is 9.57. The van der Waals surface area contributed by atoms with Gasteiger partial charge >= 0.3 is 0 Å². The monoisotopic (exact) mass is 272 g/mol. The van der Waals surface area contributed by atoms with Gasteiger partial charge in [-0.1, -0.05) is 44.5 Å². The quantitative estimate of drug-likeness (QED) is 0.914. The van der Waals surface area contributed by atoms with E-state index in [0.29, 0.717) is 11.8 Å². The molecule has 1 saturated carbocycles. The Bertz CT molecular complexity index is 521. The van der Waals surface area contributed by atoms with Gasteiger partial charge < -0.3 is 4.90 Å². The van der Waals surface area contributed by atoms with Crippen molar-refractivity contribution in [3.63, 3.8) is 0 Å². The maximum atomic E-state index is 12.7. The SMILES string of the molecule is CCC(C)CN1C(=O)C2(CC2)NC1c1ccccc1C. The molecule has 2 unspecified atom stereocenters. The molecule has 0 bridgehead atoms. The summed E-state index contributed by atoms with van der Waals surface area (Å²) in [5.74, 6) is 0.854. The summed E-state index contributed by atoms with van der Waals surface area (Å²) in [7, 11) is 0. The van der Waals surface area contributed by atoms with Gasteiger partial charge in [0, 0.05) is 6.54 Å². The molecule has 1 heterocycles. The first-order valence-electron chi connectivity index (χ1n) is 7.71. The lowest BCUT2D eigenvalue weighted by Gasteiger charge is -2.28. The maximum absolute atomic E-state index is 12.7. The fraction of sp³-hybridized carbons (Fsp3) is 0.588. The Balaban J connectivity index is 1.91. The number of carbonyl (C=O) groups excluding carboxylic acids is 1. The highest BCUT2D eigenvalue weighted by Crippen LogP contribution is 2.46. The van der Waals surface area contributed by atoms with Gasteiger partial charge in [-0.3, -0.25) is 10.1 Å². The maximum Gasteiger partial charge on any atom is 0.244 e. The molecule has 0 radical (unpaired) electrons. The minimum atomic E-state index is -0.236. The summed E-state index contributed by atoms with van der Waals surface area (Å²) in [5, 5.41) is 3.60. The summed E-state index contributed by atoms with van der Waals surface area (Å²) in [6.07, 6.45) is 3.15. The van der Waals surface area contributed by atoms with Crippen molar-refractivity contribution < 1.29 is 4.79 Å². The molecular weight excluding hydrogens is 248 g/mol. The Morgan fingerprint density at radius 1 is 1.40 bits per heavy atom. The Morgan fingerprint density at radius 2 is 2.10 bits per heavy atom. The zero-order valence-electron chi connectivity index (χ0n) is 12.6. The molecule has 1 aromatic rings. The van der Waals surface area contributed by atoms with Gasteiger partial charge in [0.15, 0.2) is 0 Å². The summed E-state index contributed by atoms with van der Waals surface area (Å²) in [6.45, 7) is 7.39. The lowest BCUT2D eigenvalue weighted by molar-refractivity contribution is -0.131. The predicted molar refractivity (Wildman–Crippen MR) is 80.2 cm³/mol. The third kappa shape index (κ3) is 2.14. The molecule has 1 N–H and O–H groups in total. The van der Waals surface area contributed by atoms with E-state index in [0.717, 1.165) is 25.8 Å². The third-order valence-electron chi connectivity index (χ3n) is 4.83. The summed E-state index contributed by atoms with van der Waals surface area (Å²) < 4.78 is 0. The standard InChI is InChI=1S/C17H24N2O/c1-4-12(2)11-19-15(14-8-6-5-7-13(14)3)18-17(9-10-17)16(19)20/h5-8,12,15,18H,4,9-11H2,1-3H3. The highest BCUT2D eigenvalue weighted by molar-refractivity contribution is 5.92. The minimum Gasteiger partial charge on any atom is -0.321 e. The van der Waals surface area contributed by atoms with E-state index in [1.54, 1.807) is 0 Å². The van der Waals surface area contributed by atoms with E-state index >= 15 is 0 Å². The van der Waals surface area contributed by atoms with Crippen LogP contribution in [0, 0.1) is 12.8 Å². The van der Waals surface area contributed by atoms with Crippen molar-refractivity contribution in [2.75, 3.05) is 6.54 Å². The minimum absolute atomic E-state index is 0.0557. The number of benzene rings is 1. The number of aryl methyl sites for hydroxylation is 1. The van der Waals surface area contributed by atoms with Crippen molar-refractivity contribution in [2.45, 2.75) is 51.7 Å². The van der Waals surface area contributed by atoms with Gasteiger partial charge in [0.2, 0.25) is 5.91 Å². The second-order valence-corrected chi connectivity index (χ2v) is 6.46. The average Bonchev–Trinajstić information content (AvgIpc) is 3.18. The Morgan fingerprint density at radius 3 is 2.70 bits per heavy atom. The second kappa shape index (κ2) is 4.88. The van der Waals surface area contributed by atoms with Crippen LogP contribution in [0.2, 0.25) is 0 Å². The molecule has 1 saturated heterocycles. The fourth-order valence-electron chi connectivity index (χ4n) is 3.07. The van der Waals surface area contributed by atoms with Crippen LogP contribution in [0.5, 0.6) is 0 Å². The summed E-state index contributed by atoms with van der Waals surface area (Å²) in [6, 6.07) is 8.39. The molecule has 3 nitrogen and oxygen atoms in total. The van der Waals surface area contributed by atoms with Gasteiger partial charge in [-0.25, -0.2) is 0 Å². The van der Waals surface area contributed by atoms with E-state index in [2.05, 4.69) is 55.3 Å². The number of rotatable bonds is 4. The zero-order valence-corrected chi connectivity index (χ0v) is 12.6. The van der Waals surface area contributed by atoms with E-state index in [4.69, 9.17) is 0 Å². The number of nitrogens with zero attached hydrogens (tertiary/aromatic N) is 1. The predicted octanol–water partition coefficient (Wildman–Crippen LogP) is 3.00. The van der Waals surface area contributed by atoms with Crippen molar-refractivity contribution in [1.82, 2.24) is 10.2 Å². The van der Waals surface area contributed by atoms with Crippen LogP contribution in [0.25, 0.3) is 0 Å². The molecule has 2 fully saturated rings. The van der Waals surface area contributed by atoms with Crippen molar-refractivity contribution in [2.24, 2.45) is 5.92 Å². The number of amides is 1. The first kappa shape index (κ1) is 13.6. The summed E-state index contributed by atoms with van der Waals surface area (Å²) in [5.41, 5.74) is 2.26. The molecule has 3 rings (SSSR count). The number of hydrogen-bond donors (Lipinski definition) is 1. The van der Waals surface area contributed by atoms with Gasteiger partial charge in [0.05, 0.1) is 0 Å². The molecule has 20 heavy (non-hydrogen) atoms. The molecule has 1 spiro atoms. The van der Waals surface area contributed by atoms with E-state index in [1.807, 2.05) is 0 Å². The molecule has 1 amide bonds. The summed E-state index contributed by atoms with van der Waals surface area (Å²) in [4.78, 5) is 14.8. The first-order valence-corrected chi connectivity index (χ1v) is 7.71. The highest BCUT2D eigenvalue weighted by Gasteiger charge is 2.59. The molecule has 2 aliphatic rings. The van der Waals surface area contributed by atoms with Crippen molar-refractivity contribution in [3.05, 3.63) is 35.4 Å². The van der Waals surface area contributed by atoms with E-state index in [-0.39, 0.29) is 11.7 Å². The normalized spacial score (nSPS) is 25.2. The lowest BCUT2D eigenvalue weighted by Crippen LogP contribution is -2.35. The average molecular weight is 272 g/mol. The smallest absolute Gasteiger partial charge is 0.244 e. The van der Waals surface area contributed by atoms with Gasteiger partial charge in [0.25, 0.3) is 0 Å². The largest absolute Gasteiger partial charge is 0.321 e. The highest BCUT2D eigenvalue weighted by atomic mass is 16.2. The van der Waals surface area contributed by atoms with Crippen LogP contribution in [-0.4, -0.2) is 22.9 Å². The molecule has 3 heteroatoms. The summed E-state index contributed by atoms with van der Waals surface area (Å²) >= 11 is 0. The van der Waals surface area contributed by atoms with Crippen molar-refractivity contribution in [1.29, 1.82) is 0 Å². The number of carbonyl (C=O) groups is 1. The van der Waals surface area contributed by atoms with Crippen molar-refractivity contribution in [3.8, 4) is 0 Å². The topological polar surface area (TPSA) is 32.3 Å². The van der Waals surface area contributed by atoms with Gasteiger partial charge in [-0.15, -0.1) is 0 Å². The van der Waals surface area contributed by atoms with Crippen LogP contribution in [0.4, 0.5) is 0 Å². The molecular formula is C17H24N2O. The molecule has 1 aliphatic carbocycles.